The Balaban J connectivity index is 1.68. The highest BCUT2D eigenvalue weighted by Crippen LogP contribution is 2.42. The summed E-state index contributed by atoms with van der Waals surface area (Å²) >= 11 is 0. The quantitative estimate of drug-likeness (QED) is 0.811. The lowest BCUT2D eigenvalue weighted by atomic mass is 9.99. The topological polar surface area (TPSA) is 41.5 Å². The highest BCUT2D eigenvalue weighted by Gasteiger charge is 2.36. The number of fused-ring (bicyclic) bond motifs is 2. The molecule has 19 heavy (non-hydrogen) atoms. The maximum absolute atomic E-state index is 12.1. The normalized spacial score (nSPS) is 26.9. The van der Waals surface area contributed by atoms with Crippen LogP contribution in [0.1, 0.15) is 47.2 Å². The van der Waals surface area contributed by atoms with Crippen LogP contribution in [-0.4, -0.2) is 11.6 Å². The molecule has 3 rings (SSSR count). The highest BCUT2D eigenvalue weighted by atomic mass is 16.2. The number of nitrogens with zero attached hydrogens (tertiary/aromatic N) is 1. The van der Waals surface area contributed by atoms with Crippen LogP contribution < -0.4 is 5.43 Å². The number of aryl methyl sites for hydroxylation is 2. The van der Waals surface area contributed by atoms with Gasteiger partial charge < -0.3 is 0 Å². The molecule has 2 aliphatic carbocycles. The molecule has 3 nitrogen and oxygen atoms in total. The van der Waals surface area contributed by atoms with E-state index in [0.717, 1.165) is 17.9 Å². The molecule has 0 unspecified atom stereocenters. The number of nitrogens with one attached hydrogen (secondary N) is 1. The minimum absolute atomic E-state index is 0.0987. The van der Waals surface area contributed by atoms with Crippen LogP contribution in [0.4, 0.5) is 0 Å². The minimum Gasteiger partial charge on any atom is -0.267 e. The van der Waals surface area contributed by atoms with Crippen molar-refractivity contribution in [1.82, 2.24) is 5.43 Å². The Morgan fingerprint density at radius 2 is 2.11 bits per heavy atom. The van der Waals surface area contributed by atoms with Gasteiger partial charge >= 0.3 is 0 Å². The van der Waals surface area contributed by atoms with Crippen LogP contribution in [0.5, 0.6) is 0 Å². The zero-order chi connectivity index (χ0) is 13.4. The van der Waals surface area contributed by atoms with Crippen molar-refractivity contribution in [2.24, 2.45) is 16.9 Å². The van der Waals surface area contributed by atoms with E-state index in [1.54, 1.807) is 0 Å². The minimum atomic E-state index is -0.0987. The second-order valence-corrected chi connectivity index (χ2v) is 5.92. The van der Waals surface area contributed by atoms with Gasteiger partial charge in [0.25, 0.3) is 5.91 Å². The molecule has 2 bridgehead atoms. The van der Waals surface area contributed by atoms with Crippen molar-refractivity contribution in [3.05, 3.63) is 34.9 Å². The zero-order valence-electron chi connectivity index (χ0n) is 11.6. The molecule has 0 radical (unpaired) electrons. The van der Waals surface area contributed by atoms with Gasteiger partial charge in [0.15, 0.2) is 0 Å². The number of hydrogen-bond donors (Lipinski definition) is 1. The summed E-state index contributed by atoms with van der Waals surface area (Å²) < 4.78 is 0. The average Bonchev–Trinajstić information content (AvgIpc) is 3.01. The molecule has 2 fully saturated rings. The van der Waals surface area contributed by atoms with Crippen LogP contribution in [0, 0.1) is 25.7 Å². The molecule has 0 spiro atoms. The Labute approximate surface area is 114 Å². The monoisotopic (exact) mass is 256 g/mol. The fourth-order valence-corrected chi connectivity index (χ4v) is 3.23. The van der Waals surface area contributed by atoms with Crippen molar-refractivity contribution in [3.63, 3.8) is 0 Å². The molecule has 3 heteroatoms. The summed E-state index contributed by atoms with van der Waals surface area (Å²) in [7, 11) is 0. The predicted octanol–water partition coefficient (Wildman–Crippen LogP) is 3.21. The highest BCUT2D eigenvalue weighted by molar-refractivity contribution is 5.96. The molecule has 1 amide bonds. The molecule has 0 aliphatic heterocycles. The Kier molecular flexibility index (Phi) is 3.13. The van der Waals surface area contributed by atoms with Gasteiger partial charge in [-0.2, -0.15) is 5.10 Å². The number of benzene rings is 1. The van der Waals surface area contributed by atoms with E-state index in [1.165, 1.54) is 30.5 Å². The molecular weight excluding hydrogens is 236 g/mol. The Morgan fingerprint density at radius 1 is 1.26 bits per heavy atom. The van der Waals surface area contributed by atoms with Gasteiger partial charge in [0.1, 0.15) is 0 Å². The third-order valence-corrected chi connectivity index (χ3v) is 4.58. The van der Waals surface area contributed by atoms with Crippen molar-refractivity contribution in [2.75, 3.05) is 0 Å². The second kappa shape index (κ2) is 4.80. The van der Waals surface area contributed by atoms with Gasteiger partial charge in [0, 0.05) is 11.3 Å². The average molecular weight is 256 g/mol. The number of carbonyl (C=O) groups is 1. The van der Waals surface area contributed by atoms with E-state index >= 15 is 0 Å². The van der Waals surface area contributed by atoms with Gasteiger partial charge in [0.05, 0.1) is 0 Å². The van der Waals surface area contributed by atoms with E-state index in [2.05, 4.69) is 10.5 Å². The maximum atomic E-state index is 12.1. The number of amides is 1. The molecule has 0 saturated heterocycles. The Morgan fingerprint density at radius 3 is 2.74 bits per heavy atom. The molecule has 1 N–H and O–H groups in total. The molecule has 1 aromatic carbocycles. The van der Waals surface area contributed by atoms with E-state index in [9.17, 15) is 4.79 Å². The maximum Gasteiger partial charge on any atom is 0.271 e. The molecular formula is C16H20N2O. The number of rotatable bonds is 2. The van der Waals surface area contributed by atoms with Crippen molar-refractivity contribution in [2.45, 2.75) is 39.5 Å². The largest absolute Gasteiger partial charge is 0.271 e. The molecule has 0 heterocycles. The van der Waals surface area contributed by atoms with E-state index in [-0.39, 0.29) is 5.91 Å². The zero-order valence-corrected chi connectivity index (χ0v) is 11.6. The van der Waals surface area contributed by atoms with E-state index < -0.39 is 0 Å². The van der Waals surface area contributed by atoms with E-state index in [4.69, 9.17) is 0 Å². The van der Waals surface area contributed by atoms with Crippen molar-refractivity contribution >= 4 is 11.6 Å². The van der Waals surface area contributed by atoms with Gasteiger partial charge in [-0.25, -0.2) is 5.43 Å². The molecule has 1 aromatic rings. The first-order valence-corrected chi connectivity index (χ1v) is 7.07. The fourth-order valence-electron chi connectivity index (χ4n) is 3.23. The van der Waals surface area contributed by atoms with Gasteiger partial charge in [0.2, 0.25) is 0 Å². The lowest BCUT2D eigenvalue weighted by Crippen LogP contribution is -2.22. The smallest absolute Gasteiger partial charge is 0.267 e. The van der Waals surface area contributed by atoms with E-state index in [1.807, 2.05) is 32.0 Å². The van der Waals surface area contributed by atoms with Crippen LogP contribution >= 0.6 is 0 Å². The van der Waals surface area contributed by atoms with Crippen LogP contribution in [0.15, 0.2) is 23.3 Å². The summed E-state index contributed by atoms with van der Waals surface area (Å²) in [5.74, 6) is 1.35. The summed E-state index contributed by atoms with van der Waals surface area (Å²) in [6.45, 7) is 4.07. The standard InChI is InChI=1S/C16H20N2O/c1-10-3-5-14(7-11(10)2)16(19)18-17-15-9-12-4-6-13(15)8-12/h3,5,7,12-13H,4,6,8-9H2,1-2H3,(H,18,19)/b17-15-/t12-,13+/m1/s1. The van der Waals surface area contributed by atoms with Crippen LogP contribution in [-0.2, 0) is 0 Å². The summed E-state index contributed by atoms with van der Waals surface area (Å²) in [5.41, 5.74) is 6.96. The molecule has 100 valence electrons. The summed E-state index contributed by atoms with van der Waals surface area (Å²) in [6, 6.07) is 5.76. The van der Waals surface area contributed by atoms with Crippen molar-refractivity contribution in [1.29, 1.82) is 0 Å². The first-order valence-electron chi connectivity index (χ1n) is 7.07. The van der Waals surface area contributed by atoms with Crippen molar-refractivity contribution < 1.29 is 4.79 Å². The predicted molar refractivity (Wildman–Crippen MR) is 76.3 cm³/mol. The van der Waals surface area contributed by atoms with E-state index in [0.29, 0.717) is 11.5 Å². The van der Waals surface area contributed by atoms with Crippen LogP contribution in [0.25, 0.3) is 0 Å². The Bertz CT molecular complexity index is 548. The third-order valence-electron chi connectivity index (χ3n) is 4.58. The lowest BCUT2D eigenvalue weighted by molar-refractivity contribution is 0.0954. The van der Waals surface area contributed by atoms with Gasteiger partial charge in [-0.15, -0.1) is 0 Å². The Hall–Kier alpha value is -1.64. The van der Waals surface area contributed by atoms with Gasteiger partial charge in [-0.05, 0) is 74.6 Å². The molecule has 2 atom stereocenters. The van der Waals surface area contributed by atoms with Gasteiger partial charge in [-0.1, -0.05) is 6.07 Å². The third kappa shape index (κ3) is 2.42. The number of hydrogen-bond acceptors (Lipinski definition) is 2. The molecule has 2 aliphatic rings. The second-order valence-electron chi connectivity index (χ2n) is 5.92. The SMILES string of the molecule is Cc1ccc(C(=O)N/N=C2/C[C@@H]3CC[C@H]2C3)cc1C. The lowest BCUT2D eigenvalue weighted by Gasteiger charge is -2.11. The fraction of sp³-hybridized carbons (Fsp3) is 0.500. The summed E-state index contributed by atoms with van der Waals surface area (Å²) in [6.07, 6.45) is 4.95. The van der Waals surface area contributed by atoms with Crippen LogP contribution in [0.3, 0.4) is 0 Å². The first-order chi connectivity index (χ1) is 9.13. The summed E-state index contributed by atoms with van der Waals surface area (Å²) in [4.78, 5) is 12.1. The summed E-state index contributed by atoms with van der Waals surface area (Å²) in [5, 5.41) is 4.35. The van der Waals surface area contributed by atoms with Crippen LogP contribution in [0.2, 0.25) is 0 Å². The molecule has 0 aromatic heterocycles. The number of hydrazone groups is 1. The van der Waals surface area contributed by atoms with Gasteiger partial charge in [-0.3, -0.25) is 4.79 Å². The first kappa shape index (κ1) is 12.4. The van der Waals surface area contributed by atoms with Crippen molar-refractivity contribution in [3.8, 4) is 0 Å². The molecule has 2 saturated carbocycles. The number of carbonyl (C=O) groups excluding carboxylic acids is 1.